The quantitative estimate of drug-likeness (QED) is 0.593. The van der Waals surface area contributed by atoms with Crippen LogP contribution < -0.4 is 0 Å². The van der Waals surface area contributed by atoms with Gasteiger partial charge in [-0.3, -0.25) is 9.59 Å². The van der Waals surface area contributed by atoms with Crippen molar-refractivity contribution >= 4 is 23.9 Å². The molecule has 0 atom stereocenters. The predicted octanol–water partition coefficient (Wildman–Crippen LogP) is 2.65. The first-order chi connectivity index (χ1) is 10.5. The van der Waals surface area contributed by atoms with Crippen molar-refractivity contribution in [2.75, 3.05) is 0 Å². The Morgan fingerprint density at radius 1 is 0.773 bits per heavy atom. The molecular weight excluding hydrogens is 288 g/mol. The highest BCUT2D eigenvalue weighted by atomic mass is 16.6. The van der Waals surface area contributed by atoms with Crippen molar-refractivity contribution in [2.45, 2.75) is 39.5 Å². The fourth-order valence-corrected chi connectivity index (χ4v) is 1.67. The van der Waals surface area contributed by atoms with E-state index in [0.717, 1.165) is 0 Å². The van der Waals surface area contributed by atoms with Gasteiger partial charge in [-0.1, -0.05) is 26.0 Å². The summed E-state index contributed by atoms with van der Waals surface area (Å²) in [5, 5.41) is 0. The normalized spacial score (nSPS) is 9.91. The molecular formula is C16H18O6. The second-order valence-corrected chi connectivity index (χ2v) is 4.57. The highest BCUT2D eigenvalue weighted by molar-refractivity contribution is 6.07. The van der Waals surface area contributed by atoms with E-state index in [0.29, 0.717) is 12.8 Å². The van der Waals surface area contributed by atoms with Crippen LogP contribution in [0, 0.1) is 0 Å². The summed E-state index contributed by atoms with van der Waals surface area (Å²) in [6.07, 6.45) is 1.29. The summed E-state index contributed by atoms with van der Waals surface area (Å²) >= 11 is 0. The molecule has 0 spiro atoms. The summed E-state index contributed by atoms with van der Waals surface area (Å²) in [7, 11) is 0. The Kier molecular flexibility index (Phi) is 6.95. The fraction of sp³-hybridized carbons (Fsp3) is 0.375. The Morgan fingerprint density at radius 2 is 1.14 bits per heavy atom. The second kappa shape index (κ2) is 8.71. The zero-order valence-electron chi connectivity index (χ0n) is 12.6. The van der Waals surface area contributed by atoms with Gasteiger partial charge in [-0.2, -0.15) is 0 Å². The van der Waals surface area contributed by atoms with E-state index in [4.69, 9.17) is 0 Å². The molecule has 0 unspecified atom stereocenters. The topological polar surface area (TPSA) is 86.7 Å². The third-order valence-electron chi connectivity index (χ3n) is 2.69. The molecule has 0 aromatic heterocycles. The maximum Gasteiger partial charge on any atom is 0.346 e. The summed E-state index contributed by atoms with van der Waals surface area (Å²) in [5.74, 6) is -3.21. The average Bonchev–Trinajstić information content (AvgIpc) is 2.47. The molecule has 0 heterocycles. The molecule has 0 radical (unpaired) electrons. The minimum absolute atomic E-state index is 0.105. The van der Waals surface area contributed by atoms with E-state index in [9.17, 15) is 19.2 Å². The van der Waals surface area contributed by atoms with Gasteiger partial charge in [0, 0.05) is 12.8 Å². The lowest BCUT2D eigenvalue weighted by Crippen LogP contribution is -2.18. The first kappa shape index (κ1) is 17.6. The third-order valence-corrected chi connectivity index (χ3v) is 2.69. The predicted molar refractivity (Wildman–Crippen MR) is 77.1 cm³/mol. The SMILES string of the molecule is CCCC(=O)OC(=O)c1ccccc1C(=O)OC(=O)CCC. The van der Waals surface area contributed by atoms with Crippen molar-refractivity contribution in [2.24, 2.45) is 0 Å². The standard InChI is InChI=1S/C16H18O6/c1-3-7-13(17)21-15(19)11-9-5-6-10-12(11)16(20)22-14(18)8-4-2/h5-6,9-10H,3-4,7-8H2,1-2H3. The van der Waals surface area contributed by atoms with E-state index < -0.39 is 23.9 Å². The van der Waals surface area contributed by atoms with Crippen molar-refractivity contribution in [1.82, 2.24) is 0 Å². The molecule has 22 heavy (non-hydrogen) atoms. The van der Waals surface area contributed by atoms with Gasteiger partial charge in [-0.05, 0) is 25.0 Å². The Balaban J connectivity index is 2.89. The second-order valence-electron chi connectivity index (χ2n) is 4.57. The van der Waals surface area contributed by atoms with Gasteiger partial charge in [-0.15, -0.1) is 0 Å². The lowest BCUT2D eigenvalue weighted by molar-refractivity contribution is -0.139. The average molecular weight is 306 g/mol. The van der Waals surface area contributed by atoms with E-state index in [1.165, 1.54) is 24.3 Å². The van der Waals surface area contributed by atoms with Gasteiger partial charge in [0.25, 0.3) is 0 Å². The van der Waals surface area contributed by atoms with Crippen molar-refractivity contribution in [3.05, 3.63) is 35.4 Å². The highest BCUT2D eigenvalue weighted by Gasteiger charge is 2.22. The van der Waals surface area contributed by atoms with Gasteiger partial charge in [0.05, 0.1) is 11.1 Å². The number of carbonyl (C=O) groups excluding carboxylic acids is 4. The molecule has 0 aliphatic rings. The molecule has 1 aromatic carbocycles. The van der Waals surface area contributed by atoms with Gasteiger partial charge in [0.2, 0.25) is 0 Å². The Labute approximate surface area is 128 Å². The number of esters is 4. The van der Waals surface area contributed by atoms with Crippen molar-refractivity contribution in [3.63, 3.8) is 0 Å². The Morgan fingerprint density at radius 3 is 1.45 bits per heavy atom. The smallest absolute Gasteiger partial charge is 0.346 e. The molecule has 0 fully saturated rings. The summed E-state index contributed by atoms with van der Waals surface area (Å²) in [6, 6.07) is 5.71. The zero-order valence-corrected chi connectivity index (χ0v) is 12.6. The Hall–Kier alpha value is -2.50. The van der Waals surface area contributed by atoms with Gasteiger partial charge in [0.15, 0.2) is 0 Å². The number of hydrogen-bond acceptors (Lipinski definition) is 6. The molecule has 0 saturated heterocycles. The number of hydrogen-bond donors (Lipinski definition) is 0. The molecule has 1 aromatic rings. The van der Waals surface area contributed by atoms with Crippen LogP contribution in [0.4, 0.5) is 0 Å². The van der Waals surface area contributed by atoms with E-state index in [2.05, 4.69) is 9.47 Å². The Bertz CT molecular complexity index is 525. The summed E-state index contributed by atoms with van der Waals surface area (Å²) in [5.41, 5.74) is -0.220. The largest absolute Gasteiger partial charge is 0.389 e. The molecule has 0 bridgehead atoms. The minimum Gasteiger partial charge on any atom is -0.389 e. The highest BCUT2D eigenvalue weighted by Crippen LogP contribution is 2.13. The number of benzene rings is 1. The van der Waals surface area contributed by atoms with Gasteiger partial charge < -0.3 is 9.47 Å². The van der Waals surface area contributed by atoms with Crippen molar-refractivity contribution in [1.29, 1.82) is 0 Å². The van der Waals surface area contributed by atoms with Crippen molar-refractivity contribution < 1.29 is 28.7 Å². The maximum absolute atomic E-state index is 11.9. The maximum atomic E-state index is 11.9. The van der Waals surface area contributed by atoms with E-state index >= 15 is 0 Å². The molecule has 118 valence electrons. The molecule has 0 amide bonds. The molecule has 0 N–H and O–H groups in total. The van der Waals surface area contributed by atoms with Crippen LogP contribution in [0.25, 0.3) is 0 Å². The van der Waals surface area contributed by atoms with E-state index in [-0.39, 0.29) is 24.0 Å². The van der Waals surface area contributed by atoms with Gasteiger partial charge >= 0.3 is 23.9 Å². The van der Waals surface area contributed by atoms with Crippen LogP contribution in [0.5, 0.6) is 0 Å². The number of ether oxygens (including phenoxy) is 2. The van der Waals surface area contributed by atoms with Crippen LogP contribution in [-0.2, 0) is 19.1 Å². The first-order valence-electron chi connectivity index (χ1n) is 7.08. The molecule has 0 saturated carbocycles. The summed E-state index contributed by atoms with van der Waals surface area (Å²) < 4.78 is 9.30. The monoisotopic (exact) mass is 306 g/mol. The molecule has 6 nitrogen and oxygen atoms in total. The van der Waals surface area contributed by atoms with Gasteiger partial charge in [-0.25, -0.2) is 9.59 Å². The fourth-order valence-electron chi connectivity index (χ4n) is 1.67. The van der Waals surface area contributed by atoms with E-state index in [1.807, 2.05) is 0 Å². The molecule has 0 aliphatic carbocycles. The van der Waals surface area contributed by atoms with Crippen LogP contribution in [0.15, 0.2) is 24.3 Å². The van der Waals surface area contributed by atoms with Gasteiger partial charge in [0.1, 0.15) is 0 Å². The lowest BCUT2D eigenvalue weighted by Gasteiger charge is -2.07. The molecule has 6 heteroatoms. The van der Waals surface area contributed by atoms with Crippen LogP contribution >= 0.6 is 0 Å². The van der Waals surface area contributed by atoms with Crippen LogP contribution in [0.1, 0.15) is 60.2 Å². The first-order valence-corrected chi connectivity index (χ1v) is 7.08. The minimum atomic E-state index is -0.936. The molecule has 0 aliphatic heterocycles. The zero-order chi connectivity index (χ0) is 16.5. The van der Waals surface area contributed by atoms with Crippen LogP contribution in [0.2, 0.25) is 0 Å². The lowest BCUT2D eigenvalue weighted by atomic mass is 10.1. The van der Waals surface area contributed by atoms with Crippen molar-refractivity contribution in [3.8, 4) is 0 Å². The third kappa shape index (κ3) is 5.12. The number of carbonyl (C=O) groups is 4. The van der Waals surface area contributed by atoms with E-state index in [1.54, 1.807) is 13.8 Å². The van der Waals surface area contributed by atoms with Crippen LogP contribution in [0.3, 0.4) is 0 Å². The summed E-state index contributed by atoms with van der Waals surface area (Å²) in [4.78, 5) is 46.6. The number of rotatable bonds is 6. The summed E-state index contributed by atoms with van der Waals surface area (Å²) in [6.45, 7) is 3.55. The molecule has 1 rings (SSSR count). The van der Waals surface area contributed by atoms with Crippen LogP contribution in [-0.4, -0.2) is 23.9 Å².